The van der Waals surface area contributed by atoms with Crippen LogP contribution >= 0.6 is 11.3 Å². The summed E-state index contributed by atoms with van der Waals surface area (Å²) >= 11 is 1.62. The Morgan fingerprint density at radius 2 is 2.40 bits per heavy atom. The topological polar surface area (TPSA) is 45.2 Å². The van der Waals surface area contributed by atoms with Crippen LogP contribution in [0.3, 0.4) is 0 Å². The summed E-state index contributed by atoms with van der Waals surface area (Å²) in [6.07, 6.45) is 2.38. The first-order valence-corrected chi connectivity index (χ1v) is 5.78. The molecule has 1 amide bonds. The Labute approximate surface area is 94.3 Å². The van der Waals surface area contributed by atoms with Gasteiger partial charge in [0.05, 0.1) is 5.51 Å². The maximum absolute atomic E-state index is 11.4. The van der Waals surface area contributed by atoms with Gasteiger partial charge in [-0.1, -0.05) is 0 Å². The third-order valence-corrected chi connectivity index (χ3v) is 2.87. The molecule has 5 heteroatoms. The molecule has 84 valence electrons. The molecular formula is C10H17N3OS. The van der Waals surface area contributed by atoms with Crippen molar-refractivity contribution < 1.29 is 4.79 Å². The number of carbonyl (C=O) groups excluding carboxylic acids is 1. The second-order valence-electron chi connectivity index (χ2n) is 3.74. The van der Waals surface area contributed by atoms with Crippen molar-refractivity contribution in [3.05, 3.63) is 16.6 Å². The van der Waals surface area contributed by atoms with Crippen molar-refractivity contribution in [1.82, 2.24) is 15.2 Å². The quantitative estimate of drug-likeness (QED) is 0.819. The van der Waals surface area contributed by atoms with Crippen LogP contribution in [0.4, 0.5) is 0 Å². The van der Waals surface area contributed by atoms with Gasteiger partial charge >= 0.3 is 0 Å². The Kier molecular flexibility index (Phi) is 4.71. The SMILES string of the molecule is CC(CC(=O)N(C)C)NCc1cncs1. The molecule has 0 radical (unpaired) electrons. The lowest BCUT2D eigenvalue weighted by Gasteiger charge is -2.15. The molecule has 1 N–H and O–H groups in total. The molecule has 1 aromatic heterocycles. The molecule has 0 saturated carbocycles. The molecule has 1 rings (SSSR count). The van der Waals surface area contributed by atoms with Crippen LogP contribution in [0.5, 0.6) is 0 Å². The summed E-state index contributed by atoms with van der Waals surface area (Å²) in [4.78, 5) is 18.2. The van der Waals surface area contributed by atoms with Crippen molar-refractivity contribution >= 4 is 17.2 Å². The summed E-state index contributed by atoms with van der Waals surface area (Å²) in [7, 11) is 3.55. The minimum Gasteiger partial charge on any atom is -0.349 e. The summed E-state index contributed by atoms with van der Waals surface area (Å²) < 4.78 is 0. The zero-order valence-corrected chi connectivity index (χ0v) is 10.2. The lowest BCUT2D eigenvalue weighted by molar-refractivity contribution is -0.129. The van der Waals surface area contributed by atoms with E-state index in [-0.39, 0.29) is 11.9 Å². The van der Waals surface area contributed by atoms with Crippen LogP contribution in [0.2, 0.25) is 0 Å². The molecule has 0 aromatic carbocycles. The van der Waals surface area contributed by atoms with Gasteiger partial charge in [0.25, 0.3) is 0 Å². The molecule has 1 unspecified atom stereocenters. The third kappa shape index (κ3) is 4.40. The van der Waals surface area contributed by atoms with E-state index in [1.54, 1.807) is 30.3 Å². The average molecular weight is 227 g/mol. The first-order valence-electron chi connectivity index (χ1n) is 4.90. The summed E-state index contributed by atoms with van der Waals surface area (Å²) in [5, 5.41) is 3.29. The normalized spacial score (nSPS) is 12.5. The van der Waals surface area contributed by atoms with Crippen molar-refractivity contribution in [3.8, 4) is 0 Å². The average Bonchev–Trinajstić information content (AvgIpc) is 2.66. The number of nitrogens with one attached hydrogen (secondary N) is 1. The minimum atomic E-state index is 0.152. The van der Waals surface area contributed by atoms with E-state index in [1.165, 1.54) is 4.88 Å². The van der Waals surface area contributed by atoms with E-state index in [4.69, 9.17) is 0 Å². The number of aromatic nitrogens is 1. The maximum Gasteiger partial charge on any atom is 0.223 e. The maximum atomic E-state index is 11.4. The van der Waals surface area contributed by atoms with E-state index in [9.17, 15) is 4.79 Å². The van der Waals surface area contributed by atoms with Gasteiger partial charge in [-0.2, -0.15) is 0 Å². The molecule has 0 aliphatic carbocycles. The highest BCUT2D eigenvalue weighted by atomic mass is 32.1. The third-order valence-electron chi connectivity index (χ3n) is 2.09. The molecule has 1 aromatic rings. The molecule has 0 aliphatic rings. The fraction of sp³-hybridized carbons (Fsp3) is 0.600. The van der Waals surface area contributed by atoms with Crippen LogP contribution in [0, 0.1) is 0 Å². The van der Waals surface area contributed by atoms with Gasteiger partial charge in [-0.3, -0.25) is 9.78 Å². The number of rotatable bonds is 5. The lowest BCUT2D eigenvalue weighted by Crippen LogP contribution is -2.32. The van der Waals surface area contributed by atoms with Crippen LogP contribution in [-0.2, 0) is 11.3 Å². The largest absolute Gasteiger partial charge is 0.349 e. The molecule has 0 aliphatic heterocycles. The fourth-order valence-corrected chi connectivity index (χ4v) is 1.67. The highest BCUT2D eigenvalue weighted by molar-refractivity contribution is 7.09. The van der Waals surface area contributed by atoms with Crippen LogP contribution in [0.1, 0.15) is 18.2 Å². The van der Waals surface area contributed by atoms with Crippen LogP contribution in [0.25, 0.3) is 0 Å². The molecule has 15 heavy (non-hydrogen) atoms. The number of nitrogens with zero attached hydrogens (tertiary/aromatic N) is 2. The highest BCUT2D eigenvalue weighted by Crippen LogP contribution is 2.05. The van der Waals surface area contributed by atoms with Crippen molar-refractivity contribution in [2.24, 2.45) is 0 Å². The van der Waals surface area contributed by atoms with E-state index in [2.05, 4.69) is 10.3 Å². The predicted octanol–water partition coefficient (Wildman–Crippen LogP) is 1.10. The van der Waals surface area contributed by atoms with E-state index in [0.717, 1.165) is 6.54 Å². The highest BCUT2D eigenvalue weighted by Gasteiger charge is 2.10. The van der Waals surface area contributed by atoms with Crippen LogP contribution in [-0.4, -0.2) is 35.9 Å². The Hall–Kier alpha value is -0.940. The van der Waals surface area contributed by atoms with Gasteiger partial charge in [0.2, 0.25) is 5.91 Å². The zero-order chi connectivity index (χ0) is 11.3. The number of hydrogen-bond donors (Lipinski definition) is 1. The van der Waals surface area contributed by atoms with Gasteiger partial charge in [-0.25, -0.2) is 0 Å². The molecule has 1 atom stereocenters. The molecule has 0 spiro atoms. The van der Waals surface area contributed by atoms with Gasteiger partial charge in [0.1, 0.15) is 0 Å². The number of hydrogen-bond acceptors (Lipinski definition) is 4. The molecule has 4 nitrogen and oxygen atoms in total. The summed E-state index contributed by atoms with van der Waals surface area (Å²) in [6.45, 7) is 2.80. The van der Waals surface area contributed by atoms with Crippen molar-refractivity contribution in [3.63, 3.8) is 0 Å². The van der Waals surface area contributed by atoms with Crippen molar-refractivity contribution in [2.75, 3.05) is 14.1 Å². The van der Waals surface area contributed by atoms with E-state index in [0.29, 0.717) is 6.42 Å². The van der Waals surface area contributed by atoms with Crippen molar-refractivity contribution in [1.29, 1.82) is 0 Å². The van der Waals surface area contributed by atoms with Gasteiger partial charge in [-0.15, -0.1) is 11.3 Å². The number of amides is 1. The van der Waals surface area contributed by atoms with Gasteiger partial charge in [0.15, 0.2) is 0 Å². The molecule has 0 bridgehead atoms. The first kappa shape index (κ1) is 12.1. The first-order chi connectivity index (χ1) is 7.09. The fourth-order valence-electron chi connectivity index (χ4n) is 1.12. The molecule has 0 saturated heterocycles. The zero-order valence-electron chi connectivity index (χ0n) is 9.36. The van der Waals surface area contributed by atoms with Crippen LogP contribution in [0.15, 0.2) is 11.7 Å². The Morgan fingerprint density at radius 3 is 2.93 bits per heavy atom. The van der Waals surface area contributed by atoms with Gasteiger partial charge in [-0.05, 0) is 6.92 Å². The molecule has 0 fully saturated rings. The minimum absolute atomic E-state index is 0.152. The Morgan fingerprint density at radius 1 is 1.67 bits per heavy atom. The van der Waals surface area contributed by atoms with Crippen LogP contribution < -0.4 is 5.32 Å². The van der Waals surface area contributed by atoms with Crippen molar-refractivity contribution in [2.45, 2.75) is 25.9 Å². The van der Waals surface area contributed by atoms with E-state index < -0.39 is 0 Å². The smallest absolute Gasteiger partial charge is 0.223 e. The second kappa shape index (κ2) is 5.82. The Bertz CT molecular complexity index is 298. The molecular weight excluding hydrogens is 210 g/mol. The number of thiazole rings is 1. The van der Waals surface area contributed by atoms with E-state index in [1.807, 2.05) is 18.6 Å². The monoisotopic (exact) mass is 227 g/mol. The Balaban J connectivity index is 2.24. The summed E-state index contributed by atoms with van der Waals surface area (Å²) in [5.41, 5.74) is 1.81. The predicted molar refractivity (Wildman–Crippen MR) is 61.7 cm³/mol. The second-order valence-corrected chi connectivity index (χ2v) is 4.71. The molecule has 1 heterocycles. The lowest BCUT2D eigenvalue weighted by atomic mass is 10.2. The van der Waals surface area contributed by atoms with Gasteiger partial charge < -0.3 is 10.2 Å². The summed E-state index contributed by atoms with van der Waals surface area (Å²) in [6, 6.07) is 0.196. The standard InChI is InChI=1S/C10H17N3OS/c1-8(4-10(14)13(2)3)12-6-9-5-11-7-15-9/h5,7-8,12H,4,6H2,1-3H3. The van der Waals surface area contributed by atoms with E-state index >= 15 is 0 Å². The van der Waals surface area contributed by atoms with Gasteiger partial charge in [0, 0.05) is 44.2 Å². The number of carbonyl (C=O) groups is 1. The summed E-state index contributed by atoms with van der Waals surface area (Å²) in [5.74, 6) is 0.152.